The average molecular weight is 317 g/mol. The summed E-state index contributed by atoms with van der Waals surface area (Å²) in [4.78, 5) is 16.3. The second kappa shape index (κ2) is 6.73. The van der Waals surface area contributed by atoms with Crippen molar-refractivity contribution in [2.24, 2.45) is 0 Å². The van der Waals surface area contributed by atoms with Crippen LogP contribution in [0, 0.1) is 11.6 Å². The number of carbonyl (C=O) groups excluding carboxylic acids is 1. The largest absolute Gasteiger partial charge is 0.355 e. The number of aromatic nitrogens is 1. The van der Waals surface area contributed by atoms with Crippen LogP contribution in [-0.4, -0.2) is 16.9 Å². The standard InChI is InChI=1S/C17H17F2N3O/c18-14-6-5-12(9-15(14)19)21-13-7-8-20-16(10-13)17(23)22-11-3-1-2-4-11/h5-11H,1-4H2,(H,20,21)(H,22,23). The lowest BCUT2D eigenvalue weighted by Crippen LogP contribution is -2.33. The van der Waals surface area contributed by atoms with Crippen molar-refractivity contribution in [3.8, 4) is 0 Å². The summed E-state index contributed by atoms with van der Waals surface area (Å²) < 4.78 is 26.2. The maximum Gasteiger partial charge on any atom is 0.270 e. The Bertz CT molecular complexity index is 715. The van der Waals surface area contributed by atoms with Crippen LogP contribution in [0.2, 0.25) is 0 Å². The molecule has 1 amide bonds. The minimum atomic E-state index is -0.928. The predicted octanol–water partition coefficient (Wildman–Crippen LogP) is 3.78. The molecule has 1 aromatic carbocycles. The first-order chi connectivity index (χ1) is 11.1. The molecule has 0 bridgehead atoms. The van der Waals surface area contributed by atoms with Gasteiger partial charge in [-0.25, -0.2) is 8.78 Å². The molecular formula is C17H17F2N3O. The second-order valence-electron chi connectivity index (χ2n) is 5.64. The van der Waals surface area contributed by atoms with Crippen LogP contribution in [0.15, 0.2) is 36.5 Å². The van der Waals surface area contributed by atoms with Crippen molar-refractivity contribution in [3.63, 3.8) is 0 Å². The minimum Gasteiger partial charge on any atom is -0.355 e. The van der Waals surface area contributed by atoms with E-state index in [4.69, 9.17) is 0 Å². The zero-order chi connectivity index (χ0) is 16.2. The summed E-state index contributed by atoms with van der Waals surface area (Å²) in [5.74, 6) is -2.05. The molecule has 2 N–H and O–H groups in total. The molecular weight excluding hydrogens is 300 g/mol. The smallest absolute Gasteiger partial charge is 0.270 e. The SMILES string of the molecule is O=C(NC1CCCC1)c1cc(Nc2ccc(F)c(F)c2)ccn1. The van der Waals surface area contributed by atoms with Gasteiger partial charge in [0.2, 0.25) is 0 Å². The molecule has 0 saturated heterocycles. The van der Waals surface area contributed by atoms with Crippen LogP contribution < -0.4 is 10.6 Å². The number of rotatable bonds is 4. The highest BCUT2D eigenvalue weighted by molar-refractivity contribution is 5.93. The Morgan fingerprint density at radius 2 is 1.78 bits per heavy atom. The average Bonchev–Trinajstić information content (AvgIpc) is 3.04. The van der Waals surface area contributed by atoms with Gasteiger partial charge in [0.05, 0.1) is 0 Å². The van der Waals surface area contributed by atoms with Crippen molar-refractivity contribution < 1.29 is 13.6 Å². The van der Waals surface area contributed by atoms with Gasteiger partial charge in [0.1, 0.15) is 5.69 Å². The van der Waals surface area contributed by atoms with E-state index in [0.717, 1.165) is 37.8 Å². The fraction of sp³-hybridized carbons (Fsp3) is 0.294. The Balaban J connectivity index is 1.71. The lowest BCUT2D eigenvalue weighted by molar-refractivity contribution is 0.0933. The fourth-order valence-electron chi connectivity index (χ4n) is 2.70. The molecule has 1 saturated carbocycles. The van der Waals surface area contributed by atoms with E-state index in [2.05, 4.69) is 15.6 Å². The van der Waals surface area contributed by atoms with Crippen LogP contribution in [0.1, 0.15) is 36.2 Å². The number of nitrogens with zero attached hydrogens (tertiary/aromatic N) is 1. The molecule has 1 fully saturated rings. The van der Waals surface area contributed by atoms with E-state index in [9.17, 15) is 13.6 Å². The summed E-state index contributed by atoms with van der Waals surface area (Å²) in [6.45, 7) is 0. The van der Waals surface area contributed by atoms with Gasteiger partial charge in [0, 0.05) is 29.7 Å². The van der Waals surface area contributed by atoms with Gasteiger partial charge in [-0.05, 0) is 37.1 Å². The maximum absolute atomic E-state index is 13.2. The zero-order valence-electron chi connectivity index (χ0n) is 12.5. The molecule has 0 aliphatic heterocycles. The lowest BCUT2D eigenvalue weighted by Gasteiger charge is -2.12. The third-order valence-corrected chi connectivity index (χ3v) is 3.89. The second-order valence-corrected chi connectivity index (χ2v) is 5.64. The highest BCUT2D eigenvalue weighted by Crippen LogP contribution is 2.20. The number of nitrogens with one attached hydrogen (secondary N) is 2. The molecule has 1 aliphatic carbocycles. The maximum atomic E-state index is 13.2. The van der Waals surface area contributed by atoms with Crippen molar-refractivity contribution >= 4 is 17.3 Å². The molecule has 0 spiro atoms. The molecule has 0 radical (unpaired) electrons. The molecule has 1 heterocycles. The van der Waals surface area contributed by atoms with Gasteiger partial charge in [-0.1, -0.05) is 12.8 Å². The van der Waals surface area contributed by atoms with Crippen molar-refractivity contribution in [2.45, 2.75) is 31.7 Å². The van der Waals surface area contributed by atoms with Crippen LogP contribution in [0.5, 0.6) is 0 Å². The van der Waals surface area contributed by atoms with E-state index < -0.39 is 11.6 Å². The minimum absolute atomic E-state index is 0.215. The molecule has 6 heteroatoms. The molecule has 0 unspecified atom stereocenters. The van der Waals surface area contributed by atoms with E-state index >= 15 is 0 Å². The van der Waals surface area contributed by atoms with Gasteiger partial charge < -0.3 is 10.6 Å². The van der Waals surface area contributed by atoms with Crippen LogP contribution >= 0.6 is 0 Å². The molecule has 1 aliphatic rings. The summed E-state index contributed by atoms with van der Waals surface area (Å²) in [5.41, 5.74) is 1.28. The highest BCUT2D eigenvalue weighted by Gasteiger charge is 2.18. The summed E-state index contributed by atoms with van der Waals surface area (Å²) >= 11 is 0. The fourth-order valence-corrected chi connectivity index (χ4v) is 2.70. The van der Waals surface area contributed by atoms with Gasteiger partial charge >= 0.3 is 0 Å². The topological polar surface area (TPSA) is 54.0 Å². The van der Waals surface area contributed by atoms with Crippen LogP contribution in [0.25, 0.3) is 0 Å². The lowest BCUT2D eigenvalue weighted by atomic mass is 10.2. The summed E-state index contributed by atoms with van der Waals surface area (Å²) in [7, 11) is 0. The van der Waals surface area contributed by atoms with Crippen molar-refractivity contribution in [2.75, 3.05) is 5.32 Å². The van der Waals surface area contributed by atoms with Crippen molar-refractivity contribution in [3.05, 3.63) is 53.9 Å². The summed E-state index contributed by atoms with van der Waals surface area (Å²) in [5, 5.41) is 5.90. The van der Waals surface area contributed by atoms with Crippen LogP contribution in [0.3, 0.4) is 0 Å². The normalized spacial score (nSPS) is 14.7. The van der Waals surface area contributed by atoms with Crippen molar-refractivity contribution in [1.82, 2.24) is 10.3 Å². The zero-order valence-corrected chi connectivity index (χ0v) is 12.5. The number of halogens is 2. The number of pyridine rings is 1. The van der Waals surface area contributed by atoms with E-state index in [0.29, 0.717) is 17.1 Å². The number of carbonyl (C=O) groups is 1. The molecule has 23 heavy (non-hydrogen) atoms. The van der Waals surface area contributed by atoms with E-state index in [1.165, 1.54) is 12.3 Å². The molecule has 0 atom stereocenters. The van der Waals surface area contributed by atoms with E-state index in [1.54, 1.807) is 12.1 Å². The van der Waals surface area contributed by atoms with Gasteiger partial charge in [0.25, 0.3) is 5.91 Å². The Hall–Kier alpha value is -2.50. The monoisotopic (exact) mass is 317 g/mol. The predicted molar refractivity (Wildman–Crippen MR) is 83.6 cm³/mol. The molecule has 2 aromatic rings. The Kier molecular flexibility index (Phi) is 4.50. The van der Waals surface area contributed by atoms with Gasteiger partial charge in [0.15, 0.2) is 11.6 Å². The molecule has 120 valence electrons. The molecule has 4 nitrogen and oxygen atoms in total. The number of hydrogen-bond donors (Lipinski definition) is 2. The van der Waals surface area contributed by atoms with E-state index in [-0.39, 0.29) is 11.9 Å². The molecule has 1 aromatic heterocycles. The first kappa shape index (κ1) is 15.4. The summed E-state index contributed by atoms with van der Waals surface area (Å²) in [6, 6.07) is 7.00. The van der Waals surface area contributed by atoms with Crippen molar-refractivity contribution in [1.29, 1.82) is 0 Å². The third kappa shape index (κ3) is 3.83. The Morgan fingerprint density at radius 1 is 1.04 bits per heavy atom. The summed E-state index contributed by atoms with van der Waals surface area (Å²) in [6.07, 6.45) is 5.77. The van der Waals surface area contributed by atoms with Gasteiger partial charge in [-0.15, -0.1) is 0 Å². The Labute approximate surface area is 132 Å². The van der Waals surface area contributed by atoms with Crippen LogP contribution in [-0.2, 0) is 0 Å². The molecule has 3 rings (SSSR count). The first-order valence-corrected chi connectivity index (χ1v) is 7.61. The highest BCUT2D eigenvalue weighted by atomic mass is 19.2. The van der Waals surface area contributed by atoms with E-state index in [1.807, 2.05) is 0 Å². The number of anilines is 2. The number of hydrogen-bond acceptors (Lipinski definition) is 3. The van der Waals surface area contributed by atoms with Gasteiger partial charge in [-0.3, -0.25) is 9.78 Å². The Morgan fingerprint density at radius 3 is 2.52 bits per heavy atom. The van der Waals surface area contributed by atoms with Gasteiger partial charge in [-0.2, -0.15) is 0 Å². The third-order valence-electron chi connectivity index (χ3n) is 3.89. The number of amides is 1. The number of benzene rings is 1. The van der Waals surface area contributed by atoms with Crippen LogP contribution in [0.4, 0.5) is 20.2 Å². The quantitative estimate of drug-likeness (QED) is 0.902. The first-order valence-electron chi connectivity index (χ1n) is 7.61.